The number of esters is 1. The Kier molecular flexibility index (Phi) is 7.80. The van der Waals surface area contributed by atoms with Gasteiger partial charge >= 0.3 is 5.97 Å². The number of hydrazone groups is 1. The largest absolute Gasteiger partial charge is 0.493 e. The Morgan fingerprint density at radius 3 is 2.49 bits per heavy atom. The van der Waals surface area contributed by atoms with Crippen molar-refractivity contribution in [2.45, 2.75) is 6.42 Å². The monoisotopic (exact) mass is 550 g/mol. The van der Waals surface area contributed by atoms with Crippen LogP contribution in [0.25, 0.3) is 10.8 Å². The standard InChI is InChI=1S/C27H20BrClN2O4/c1-34-25-14-17(10-13-24(25)35-27(33)21-8-4-5-9-23(21)29)16-30-31-26(32)15-18-11-12-22(28)20-7-3-2-6-19(18)20/h2-14,16H,15H2,1H3,(H,31,32). The van der Waals surface area contributed by atoms with E-state index in [0.29, 0.717) is 16.3 Å². The first-order chi connectivity index (χ1) is 17.0. The number of hydrogen-bond donors (Lipinski definition) is 1. The molecule has 0 atom stereocenters. The second kappa shape index (κ2) is 11.2. The molecular formula is C27H20BrClN2O4. The second-order valence-corrected chi connectivity index (χ2v) is 8.76. The average Bonchev–Trinajstić information content (AvgIpc) is 2.87. The van der Waals surface area contributed by atoms with Gasteiger partial charge in [-0.05, 0) is 58.3 Å². The number of nitrogens with one attached hydrogen (secondary N) is 1. The Morgan fingerprint density at radius 2 is 1.71 bits per heavy atom. The van der Waals surface area contributed by atoms with Crippen molar-refractivity contribution in [1.29, 1.82) is 0 Å². The predicted molar refractivity (Wildman–Crippen MR) is 140 cm³/mol. The molecule has 6 nitrogen and oxygen atoms in total. The molecule has 0 aliphatic rings. The Balaban J connectivity index is 1.41. The van der Waals surface area contributed by atoms with Crippen LogP contribution in [0.4, 0.5) is 0 Å². The smallest absolute Gasteiger partial charge is 0.345 e. The maximum absolute atomic E-state index is 12.5. The summed E-state index contributed by atoms with van der Waals surface area (Å²) in [6.45, 7) is 0. The van der Waals surface area contributed by atoms with E-state index in [4.69, 9.17) is 21.1 Å². The van der Waals surface area contributed by atoms with Gasteiger partial charge in [-0.3, -0.25) is 4.79 Å². The fourth-order valence-corrected chi connectivity index (χ4v) is 4.19. The summed E-state index contributed by atoms with van der Waals surface area (Å²) < 4.78 is 11.8. The molecule has 4 aromatic carbocycles. The van der Waals surface area contributed by atoms with Gasteiger partial charge in [0.05, 0.1) is 30.3 Å². The molecule has 0 heterocycles. The number of nitrogens with zero attached hydrogens (tertiary/aromatic N) is 1. The quantitative estimate of drug-likeness (QED) is 0.129. The molecule has 0 aliphatic carbocycles. The third-order valence-corrected chi connectivity index (χ3v) is 6.22. The van der Waals surface area contributed by atoms with Gasteiger partial charge in [-0.2, -0.15) is 5.10 Å². The lowest BCUT2D eigenvalue weighted by atomic mass is 10.0. The topological polar surface area (TPSA) is 77.0 Å². The van der Waals surface area contributed by atoms with Crippen LogP contribution in [0, 0.1) is 0 Å². The number of amides is 1. The zero-order valence-corrected chi connectivity index (χ0v) is 21.0. The summed E-state index contributed by atoms with van der Waals surface area (Å²) in [5.74, 6) is -0.267. The molecule has 35 heavy (non-hydrogen) atoms. The van der Waals surface area contributed by atoms with Gasteiger partial charge < -0.3 is 9.47 Å². The van der Waals surface area contributed by atoms with Crippen molar-refractivity contribution in [2.75, 3.05) is 7.11 Å². The van der Waals surface area contributed by atoms with E-state index in [0.717, 1.165) is 20.8 Å². The summed E-state index contributed by atoms with van der Waals surface area (Å²) >= 11 is 9.61. The number of halogens is 2. The van der Waals surface area contributed by atoms with E-state index < -0.39 is 5.97 Å². The summed E-state index contributed by atoms with van der Waals surface area (Å²) in [6, 6.07) is 23.3. The minimum absolute atomic E-state index is 0.186. The highest BCUT2D eigenvalue weighted by molar-refractivity contribution is 9.10. The van der Waals surface area contributed by atoms with Gasteiger partial charge in [-0.25, -0.2) is 10.2 Å². The van der Waals surface area contributed by atoms with Crippen molar-refractivity contribution in [3.05, 3.63) is 105 Å². The molecule has 176 valence electrons. The SMILES string of the molecule is COc1cc(C=NNC(=O)Cc2ccc(Br)c3ccccc23)ccc1OC(=O)c1ccccc1Cl. The lowest BCUT2D eigenvalue weighted by Gasteiger charge is -2.10. The molecule has 0 bridgehead atoms. The van der Waals surface area contributed by atoms with Crippen LogP contribution in [-0.4, -0.2) is 25.2 Å². The molecule has 0 radical (unpaired) electrons. The summed E-state index contributed by atoms with van der Waals surface area (Å²) in [4.78, 5) is 24.9. The fraction of sp³-hybridized carbons (Fsp3) is 0.0741. The molecule has 4 aromatic rings. The predicted octanol–water partition coefficient (Wildman–Crippen LogP) is 6.18. The van der Waals surface area contributed by atoms with Crippen LogP contribution in [0.2, 0.25) is 5.02 Å². The zero-order valence-electron chi connectivity index (χ0n) is 18.6. The molecule has 8 heteroatoms. The van der Waals surface area contributed by atoms with E-state index in [1.54, 1.807) is 42.5 Å². The molecule has 0 spiro atoms. The Labute approximate surface area is 215 Å². The van der Waals surface area contributed by atoms with E-state index in [1.165, 1.54) is 13.3 Å². The summed E-state index contributed by atoms with van der Waals surface area (Å²) in [5.41, 5.74) is 4.35. The molecule has 0 unspecified atom stereocenters. The summed E-state index contributed by atoms with van der Waals surface area (Å²) in [6.07, 6.45) is 1.67. The minimum atomic E-state index is -0.594. The number of fused-ring (bicyclic) bond motifs is 1. The number of hydrogen-bond acceptors (Lipinski definition) is 5. The molecular weight excluding hydrogens is 532 g/mol. The fourth-order valence-electron chi connectivity index (χ4n) is 3.50. The number of carbonyl (C=O) groups excluding carboxylic acids is 2. The molecule has 0 saturated heterocycles. The van der Waals surface area contributed by atoms with Gasteiger partial charge in [0.25, 0.3) is 0 Å². The molecule has 1 amide bonds. The molecule has 4 rings (SSSR count). The van der Waals surface area contributed by atoms with Crippen LogP contribution in [0.3, 0.4) is 0 Å². The number of benzene rings is 4. The van der Waals surface area contributed by atoms with E-state index in [-0.39, 0.29) is 23.6 Å². The van der Waals surface area contributed by atoms with Crippen LogP contribution in [0.15, 0.2) is 88.4 Å². The molecule has 0 saturated carbocycles. The third kappa shape index (κ3) is 5.88. The van der Waals surface area contributed by atoms with Gasteiger partial charge in [0.15, 0.2) is 11.5 Å². The minimum Gasteiger partial charge on any atom is -0.493 e. The summed E-state index contributed by atoms with van der Waals surface area (Å²) in [5, 5.41) is 6.40. The van der Waals surface area contributed by atoms with Crippen LogP contribution < -0.4 is 14.9 Å². The molecule has 1 N–H and O–H groups in total. The van der Waals surface area contributed by atoms with Crippen molar-refractivity contribution in [3.8, 4) is 11.5 Å². The highest BCUT2D eigenvalue weighted by Gasteiger charge is 2.15. The second-order valence-electron chi connectivity index (χ2n) is 7.50. The van der Waals surface area contributed by atoms with Crippen molar-refractivity contribution >= 4 is 56.4 Å². The van der Waals surface area contributed by atoms with Crippen molar-refractivity contribution in [3.63, 3.8) is 0 Å². The first-order valence-electron chi connectivity index (χ1n) is 10.6. The number of ether oxygens (including phenoxy) is 2. The van der Waals surface area contributed by atoms with E-state index in [1.807, 2.05) is 36.4 Å². The maximum atomic E-state index is 12.5. The Morgan fingerprint density at radius 1 is 0.971 bits per heavy atom. The van der Waals surface area contributed by atoms with E-state index in [9.17, 15) is 9.59 Å². The maximum Gasteiger partial charge on any atom is 0.345 e. The number of methoxy groups -OCH3 is 1. The van der Waals surface area contributed by atoms with Crippen LogP contribution >= 0.6 is 27.5 Å². The van der Waals surface area contributed by atoms with Gasteiger partial charge in [0.1, 0.15) is 0 Å². The Hall–Kier alpha value is -3.68. The van der Waals surface area contributed by atoms with Crippen molar-refractivity contribution in [2.24, 2.45) is 5.10 Å². The lowest BCUT2D eigenvalue weighted by molar-refractivity contribution is -0.120. The molecule has 0 aliphatic heterocycles. The van der Waals surface area contributed by atoms with Crippen molar-refractivity contribution in [1.82, 2.24) is 5.43 Å². The highest BCUT2D eigenvalue weighted by atomic mass is 79.9. The lowest BCUT2D eigenvalue weighted by Crippen LogP contribution is -2.20. The van der Waals surface area contributed by atoms with Crippen LogP contribution in [-0.2, 0) is 11.2 Å². The van der Waals surface area contributed by atoms with Crippen molar-refractivity contribution < 1.29 is 19.1 Å². The van der Waals surface area contributed by atoms with E-state index in [2.05, 4.69) is 26.5 Å². The first kappa shape index (κ1) is 24.4. The Bertz CT molecular complexity index is 1440. The molecule has 0 aromatic heterocycles. The van der Waals surface area contributed by atoms with E-state index >= 15 is 0 Å². The normalized spacial score (nSPS) is 10.9. The first-order valence-corrected chi connectivity index (χ1v) is 11.8. The van der Waals surface area contributed by atoms with Gasteiger partial charge in [0.2, 0.25) is 5.91 Å². The molecule has 0 fully saturated rings. The van der Waals surface area contributed by atoms with Gasteiger partial charge in [-0.15, -0.1) is 0 Å². The summed E-state index contributed by atoms with van der Waals surface area (Å²) in [7, 11) is 1.47. The van der Waals surface area contributed by atoms with Crippen LogP contribution in [0.1, 0.15) is 21.5 Å². The number of rotatable bonds is 7. The van der Waals surface area contributed by atoms with Gasteiger partial charge in [-0.1, -0.05) is 70.0 Å². The van der Waals surface area contributed by atoms with Crippen LogP contribution in [0.5, 0.6) is 11.5 Å². The average molecular weight is 552 g/mol. The highest BCUT2D eigenvalue weighted by Crippen LogP contribution is 2.29. The number of carbonyl (C=O) groups is 2. The van der Waals surface area contributed by atoms with Gasteiger partial charge in [0, 0.05) is 4.47 Å². The third-order valence-electron chi connectivity index (χ3n) is 5.20. The zero-order chi connectivity index (χ0) is 24.8.